The van der Waals surface area contributed by atoms with Gasteiger partial charge in [0, 0.05) is 0 Å². The third-order valence-corrected chi connectivity index (χ3v) is 5.42. The van der Waals surface area contributed by atoms with Crippen LogP contribution in [0, 0.1) is 20.8 Å². The van der Waals surface area contributed by atoms with Gasteiger partial charge in [0.1, 0.15) is 5.75 Å². The van der Waals surface area contributed by atoms with Gasteiger partial charge in [0.25, 0.3) is 0 Å². The predicted molar refractivity (Wildman–Crippen MR) is 163 cm³/mol. The molecule has 0 aliphatic carbocycles. The number of hydrogen-bond donors (Lipinski definition) is 1. The van der Waals surface area contributed by atoms with Crippen LogP contribution < -0.4 is 0 Å². The average molecular weight is 585 g/mol. The Labute approximate surface area is 252 Å². The van der Waals surface area contributed by atoms with Gasteiger partial charge in [-0.05, 0) is 12.1 Å². The van der Waals surface area contributed by atoms with Crippen molar-refractivity contribution in [3.63, 3.8) is 0 Å². The van der Waals surface area contributed by atoms with E-state index in [2.05, 4.69) is 98.7 Å². The van der Waals surface area contributed by atoms with Crippen LogP contribution in [0.4, 0.5) is 0 Å². The van der Waals surface area contributed by atoms with Crippen molar-refractivity contribution in [1.29, 1.82) is 0 Å². The summed E-state index contributed by atoms with van der Waals surface area (Å²) < 4.78 is 0. The van der Waals surface area contributed by atoms with E-state index in [4.69, 9.17) is 5.11 Å². The summed E-state index contributed by atoms with van der Waals surface area (Å²) in [6.45, 7) is 24.8. The van der Waals surface area contributed by atoms with E-state index >= 15 is 0 Å². The second kappa shape index (κ2) is 17.2. The van der Waals surface area contributed by atoms with E-state index in [1.807, 2.05) is 60.7 Å². The van der Waals surface area contributed by atoms with E-state index in [-0.39, 0.29) is 42.4 Å². The van der Waals surface area contributed by atoms with Crippen molar-refractivity contribution in [2.45, 2.75) is 57.8 Å². The molecule has 0 saturated carbocycles. The first-order valence-corrected chi connectivity index (χ1v) is 12.7. The Hall–Kier alpha value is -2.44. The Morgan fingerprint density at radius 2 is 0.579 bits per heavy atom. The van der Waals surface area contributed by atoms with Crippen LogP contribution in [-0.2, 0) is 42.4 Å². The van der Waals surface area contributed by atoms with Gasteiger partial charge >= 0.3 is 26.2 Å². The van der Waals surface area contributed by atoms with Gasteiger partial charge in [-0.1, -0.05) is 167 Å². The molecule has 2 heteroatoms. The van der Waals surface area contributed by atoms with Crippen molar-refractivity contribution in [3.05, 3.63) is 159 Å². The van der Waals surface area contributed by atoms with Crippen molar-refractivity contribution in [2.24, 2.45) is 0 Å². The monoisotopic (exact) mass is 583 g/mol. The molecule has 1 nitrogen and oxygen atoms in total. The number of phenolic OH excluding ortho intramolecular Hbond substituents is 1. The molecule has 4 aromatic carbocycles. The molecule has 0 aliphatic heterocycles. The number of rotatable bonds is 3. The Kier molecular flexibility index (Phi) is 16.1. The maximum absolute atomic E-state index is 8.63. The fourth-order valence-corrected chi connectivity index (χ4v) is 3.10. The van der Waals surface area contributed by atoms with Gasteiger partial charge in [0.05, 0.1) is 0 Å². The second-order valence-corrected chi connectivity index (χ2v) is 11.1. The van der Waals surface area contributed by atoms with Gasteiger partial charge in [-0.25, -0.2) is 0 Å². The second-order valence-electron chi connectivity index (χ2n) is 11.1. The maximum Gasteiger partial charge on any atom is 3.00 e. The fourth-order valence-electron chi connectivity index (χ4n) is 3.10. The maximum atomic E-state index is 8.63. The molecule has 4 rings (SSSR count). The largest absolute Gasteiger partial charge is 3.00 e. The molecule has 1 N–H and O–H groups in total. The number of para-hydroxylation sites is 1. The number of hydrogen-bond acceptors (Lipinski definition) is 1. The van der Waals surface area contributed by atoms with Gasteiger partial charge < -0.3 is 25.9 Å². The van der Waals surface area contributed by atoms with Crippen LogP contribution in [0.15, 0.2) is 121 Å². The molecule has 0 bridgehead atoms. The van der Waals surface area contributed by atoms with Crippen molar-refractivity contribution in [1.82, 2.24) is 0 Å². The fraction of sp³-hybridized carbons (Fsp3) is 0.250. The molecule has 0 amide bonds. The van der Waals surface area contributed by atoms with Crippen molar-refractivity contribution < 1.29 is 31.3 Å². The van der Waals surface area contributed by atoms with Gasteiger partial charge in [-0.15, -0.1) is 16.2 Å². The molecular weight excluding hydrogens is 540 g/mol. The van der Waals surface area contributed by atoms with Crippen LogP contribution >= 0.6 is 0 Å². The molecule has 0 heterocycles. The van der Waals surface area contributed by atoms with Crippen molar-refractivity contribution in [2.75, 3.05) is 0 Å². The summed E-state index contributed by atoms with van der Waals surface area (Å²) in [5.41, 5.74) is 3.99. The van der Waals surface area contributed by atoms with E-state index in [1.54, 1.807) is 24.3 Å². The quantitative estimate of drug-likeness (QED) is 0.238. The summed E-state index contributed by atoms with van der Waals surface area (Å²) in [6, 6.07) is 39.7. The van der Waals surface area contributed by atoms with Crippen LogP contribution in [0.1, 0.15) is 58.2 Å². The summed E-state index contributed by atoms with van der Waals surface area (Å²) >= 11 is 0. The number of benzene rings is 4. The zero-order chi connectivity index (χ0) is 28.0. The third kappa shape index (κ3) is 15.7. The molecule has 1 radical (unpaired) electrons. The minimum absolute atomic E-state index is 0. The molecule has 0 saturated heterocycles. The van der Waals surface area contributed by atoms with Gasteiger partial charge in [0.15, 0.2) is 0 Å². The zero-order valence-corrected chi connectivity index (χ0v) is 26.6. The van der Waals surface area contributed by atoms with Gasteiger partial charge in [-0.3, -0.25) is 0 Å². The predicted octanol–water partition coefficient (Wildman–Crippen LogP) is 9.78. The average Bonchev–Trinajstić information content (AvgIpc) is 2.86. The summed E-state index contributed by atoms with van der Waals surface area (Å²) in [5.74, 6) is 0.322. The van der Waals surface area contributed by atoms with Crippen LogP contribution in [-0.4, -0.2) is 5.11 Å². The van der Waals surface area contributed by atoms with Gasteiger partial charge in [0.2, 0.25) is 0 Å². The van der Waals surface area contributed by atoms with Crippen LogP contribution in [0.3, 0.4) is 0 Å². The summed E-state index contributed by atoms with van der Waals surface area (Å²) in [7, 11) is 0. The Balaban J connectivity index is 0.000000480. The molecule has 199 valence electrons. The third-order valence-electron chi connectivity index (χ3n) is 5.42. The molecule has 38 heavy (non-hydrogen) atoms. The normalized spacial score (nSPS) is 10.7. The number of aromatic hydroxyl groups is 1. The standard InChI is InChI=1S/3C10H13.C6H6O.Zr/c3*1-10(2,3)9-7-5-4-6-8-9;7-6-4-2-1-3-5-6;/h3*4-8H,1H2,2-3H3;1-5,7H;/q3*-1;;+3. The van der Waals surface area contributed by atoms with E-state index in [9.17, 15) is 0 Å². The molecule has 0 fully saturated rings. The molecule has 0 unspecified atom stereocenters. The zero-order valence-electron chi connectivity index (χ0n) is 24.1. The topological polar surface area (TPSA) is 20.2 Å². The SMILES string of the molecule is Oc1ccccc1.[CH2-]C(C)(C)c1ccccc1.[CH2-]C(C)(C)c1ccccc1.[CH2-]C(C)(C)c1ccccc1.[Zr+3]. The van der Waals surface area contributed by atoms with Crippen LogP contribution in [0.25, 0.3) is 0 Å². The minimum Gasteiger partial charge on any atom is -0.508 e. The Morgan fingerprint density at radius 3 is 0.684 bits per heavy atom. The first-order valence-electron chi connectivity index (χ1n) is 12.7. The van der Waals surface area contributed by atoms with E-state index in [0.29, 0.717) is 5.75 Å². The number of phenols is 1. The van der Waals surface area contributed by atoms with E-state index in [0.717, 1.165) is 0 Å². The van der Waals surface area contributed by atoms with E-state index < -0.39 is 0 Å². The van der Waals surface area contributed by atoms with Crippen molar-refractivity contribution >= 4 is 0 Å². The van der Waals surface area contributed by atoms with E-state index in [1.165, 1.54) is 16.7 Å². The van der Waals surface area contributed by atoms with Gasteiger partial charge in [-0.2, -0.15) is 0 Å². The molecule has 0 aromatic heterocycles. The molecular formula is C36H45OZr. The minimum atomic E-state index is 0. The summed E-state index contributed by atoms with van der Waals surface area (Å²) in [5, 5.41) is 8.63. The first-order chi connectivity index (χ1) is 17.2. The first kappa shape index (κ1) is 35.6. The van der Waals surface area contributed by atoms with Crippen LogP contribution in [0.2, 0.25) is 0 Å². The Morgan fingerprint density at radius 1 is 0.395 bits per heavy atom. The summed E-state index contributed by atoms with van der Waals surface area (Å²) in [6.07, 6.45) is 0. The molecule has 4 aromatic rings. The molecule has 0 spiro atoms. The Bertz CT molecular complexity index is 969. The van der Waals surface area contributed by atoms with Crippen molar-refractivity contribution in [3.8, 4) is 5.75 Å². The molecule has 0 aliphatic rings. The molecule has 0 atom stereocenters. The summed E-state index contributed by atoms with van der Waals surface area (Å²) in [4.78, 5) is 0. The van der Waals surface area contributed by atoms with Crippen LogP contribution in [0.5, 0.6) is 5.75 Å². The smallest absolute Gasteiger partial charge is 0.508 e.